The Bertz CT molecular complexity index is 423. The van der Waals surface area contributed by atoms with Crippen LogP contribution in [-0.4, -0.2) is 14.6 Å². The predicted octanol–water partition coefficient (Wildman–Crippen LogP) is 0.601. The molecule has 0 saturated heterocycles. The molecule has 2 heterocycles. The van der Waals surface area contributed by atoms with Crippen molar-refractivity contribution >= 4 is 5.65 Å². The van der Waals surface area contributed by atoms with Crippen molar-refractivity contribution in [3.05, 3.63) is 30.2 Å². The summed E-state index contributed by atoms with van der Waals surface area (Å²) in [6.45, 7) is 0. The van der Waals surface area contributed by atoms with Crippen molar-refractivity contribution in [2.45, 2.75) is 0 Å². The van der Waals surface area contributed by atoms with E-state index in [0.29, 0.717) is 11.3 Å². The van der Waals surface area contributed by atoms with Crippen LogP contribution in [-0.2, 0) is 0 Å². The lowest BCUT2D eigenvalue weighted by Crippen LogP contribution is -1.94. The van der Waals surface area contributed by atoms with Gasteiger partial charge < -0.3 is 0 Å². The van der Waals surface area contributed by atoms with Crippen molar-refractivity contribution in [2.75, 3.05) is 0 Å². The number of nitriles is 1. The Morgan fingerprint density at radius 1 is 1.36 bits per heavy atom. The molecule has 0 aliphatic rings. The highest BCUT2D eigenvalue weighted by Gasteiger charge is 1.97. The molecule has 0 atom stereocenters. The lowest BCUT2D eigenvalue weighted by atomic mass is 10.4. The average molecular weight is 144 g/mol. The van der Waals surface area contributed by atoms with Crippen LogP contribution in [0, 0.1) is 11.3 Å². The van der Waals surface area contributed by atoms with Gasteiger partial charge in [-0.05, 0) is 6.07 Å². The molecular weight excluding hydrogens is 140 g/mol. The number of rotatable bonds is 0. The smallest absolute Gasteiger partial charge is 0.156 e. The normalized spacial score (nSPS) is 9.73. The van der Waals surface area contributed by atoms with E-state index in [-0.39, 0.29) is 0 Å². The van der Waals surface area contributed by atoms with Crippen molar-refractivity contribution in [3.8, 4) is 6.07 Å². The molecule has 2 rings (SSSR count). The van der Waals surface area contributed by atoms with Crippen LogP contribution in [0.2, 0.25) is 0 Å². The first-order valence-corrected chi connectivity index (χ1v) is 3.10. The lowest BCUT2D eigenvalue weighted by Gasteiger charge is -1.91. The first kappa shape index (κ1) is 5.86. The molecule has 2 aromatic rings. The Labute approximate surface area is 62.7 Å². The fourth-order valence-corrected chi connectivity index (χ4v) is 0.919. The molecule has 0 unspecified atom stereocenters. The van der Waals surface area contributed by atoms with Crippen molar-refractivity contribution < 1.29 is 0 Å². The maximum atomic E-state index is 8.62. The Morgan fingerprint density at radius 3 is 3.09 bits per heavy atom. The maximum absolute atomic E-state index is 8.62. The second-order valence-electron chi connectivity index (χ2n) is 2.04. The third kappa shape index (κ3) is 0.749. The van der Waals surface area contributed by atoms with E-state index in [1.165, 1.54) is 4.52 Å². The molecule has 0 N–H and O–H groups in total. The van der Waals surface area contributed by atoms with Crippen LogP contribution in [0.25, 0.3) is 5.65 Å². The molecular formula is C7H4N4. The largest absolute Gasteiger partial charge is 0.237 e. The fourth-order valence-electron chi connectivity index (χ4n) is 0.919. The highest BCUT2D eigenvalue weighted by atomic mass is 15.2. The van der Waals surface area contributed by atoms with Crippen molar-refractivity contribution in [3.63, 3.8) is 0 Å². The Balaban J connectivity index is 2.92. The van der Waals surface area contributed by atoms with E-state index in [1.54, 1.807) is 24.5 Å². The summed E-state index contributed by atoms with van der Waals surface area (Å²) in [6, 6.07) is 5.39. The summed E-state index contributed by atoms with van der Waals surface area (Å²) in [5.41, 5.74) is 1.20. The topological polar surface area (TPSA) is 54.0 Å². The highest BCUT2D eigenvalue weighted by molar-refractivity contribution is 5.39. The van der Waals surface area contributed by atoms with Gasteiger partial charge in [0, 0.05) is 12.3 Å². The molecule has 0 fully saturated rings. The van der Waals surface area contributed by atoms with Gasteiger partial charge in [0.05, 0.1) is 6.20 Å². The minimum absolute atomic E-state index is 0.500. The van der Waals surface area contributed by atoms with Crippen molar-refractivity contribution in [2.24, 2.45) is 0 Å². The maximum Gasteiger partial charge on any atom is 0.156 e. The predicted molar refractivity (Wildman–Crippen MR) is 37.7 cm³/mol. The summed E-state index contributed by atoms with van der Waals surface area (Å²) >= 11 is 0. The zero-order chi connectivity index (χ0) is 7.68. The van der Waals surface area contributed by atoms with Gasteiger partial charge in [-0.2, -0.15) is 10.4 Å². The zero-order valence-corrected chi connectivity index (χ0v) is 5.60. The van der Waals surface area contributed by atoms with Gasteiger partial charge in [-0.15, -0.1) is 0 Å². The van der Waals surface area contributed by atoms with Gasteiger partial charge in [-0.3, -0.25) is 0 Å². The molecule has 0 aliphatic heterocycles. The van der Waals surface area contributed by atoms with E-state index in [4.69, 9.17) is 5.26 Å². The third-order valence-electron chi connectivity index (χ3n) is 1.40. The summed E-state index contributed by atoms with van der Waals surface area (Å²) < 4.78 is 1.50. The fraction of sp³-hybridized carbons (Fsp3) is 0. The number of hydrogen-bond donors (Lipinski definition) is 0. The standard InChI is InChI=1S/C7H4N4/c8-5-6-1-3-9-7-2-4-10-11(6)7/h1-4H. The molecule has 0 aromatic carbocycles. The summed E-state index contributed by atoms with van der Waals surface area (Å²) in [5.74, 6) is 0. The first-order chi connectivity index (χ1) is 5.42. The van der Waals surface area contributed by atoms with Crippen LogP contribution >= 0.6 is 0 Å². The second-order valence-corrected chi connectivity index (χ2v) is 2.04. The first-order valence-electron chi connectivity index (χ1n) is 3.10. The summed E-state index contributed by atoms with van der Waals surface area (Å²) in [5, 5.41) is 12.5. The minimum Gasteiger partial charge on any atom is -0.237 e. The van der Waals surface area contributed by atoms with E-state index in [9.17, 15) is 0 Å². The number of hydrogen-bond acceptors (Lipinski definition) is 3. The number of nitrogens with zero attached hydrogens (tertiary/aromatic N) is 4. The molecule has 11 heavy (non-hydrogen) atoms. The molecule has 0 saturated carbocycles. The van der Waals surface area contributed by atoms with Crippen LogP contribution in [0.3, 0.4) is 0 Å². The molecule has 2 aromatic heterocycles. The van der Waals surface area contributed by atoms with Gasteiger partial charge in [0.15, 0.2) is 5.65 Å². The summed E-state index contributed by atoms with van der Waals surface area (Å²) in [6.07, 6.45) is 3.21. The zero-order valence-electron chi connectivity index (χ0n) is 5.60. The monoisotopic (exact) mass is 144 g/mol. The quantitative estimate of drug-likeness (QED) is 0.544. The van der Waals surface area contributed by atoms with Gasteiger partial charge in [0.2, 0.25) is 0 Å². The van der Waals surface area contributed by atoms with Gasteiger partial charge in [0.1, 0.15) is 11.8 Å². The average Bonchev–Trinajstić information content (AvgIpc) is 2.50. The van der Waals surface area contributed by atoms with Gasteiger partial charge in [0.25, 0.3) is 0 Å². The van der Waals surface area contributed by atoms with Gasteiger partial charge in [-0.1, -0.05) is 0 Å². The van der Waals surface area contributed by atoms with Gasteiger partial charge in [-0.25, -0.2) is 9.50 Å². The van der Waals surface area contributed by atoms with E-state index < -0.39 is 0 Å². The van der Waals surface area contributed by atoms with E-state index in [2.05, 4.69) is 10.1 Å². The molecule has 0 aliphatic carbocycles. The summed E-state index contributed by atoms with van der Waals surface area (Å²) in [7, 11) is 0. The van der Waals surface area contributed by atoms with Gasteiger partial charge >= 0.3 is 0 Å². The minimum atomic E-state index is 0.500. The Kier molecular flexibility index (Phi) is 1.10. The van der Waals surface area contributed by atoms with Crippen LogP contribution in [0.5, 0.6) is 0 Å². The number of fused-ring (bicyclic) bond motifs is 1. The van der Waals surface area contributed by atoms with Crippen LogP contribution < -0.4 is 0 Å². The van der Waals surface area contributed by atoms with E-state index >= 15 is 0 Å². The Hall–Kier alpha value is -1.89. The molecule has 0 radical (unpaired) electrons. The second kappa shape index (κ2) is 2.06. The summed E-state index contributed by atoms with van der Waals surface area (Å²) in [4.78, 5) is 4.00. The third-order valence-corrected chi connectivity index (χ3v) is 1.40. The Morgan fingerprint density at radius 2 is 2.27 bits per heavy atom. The van der Waals surface area contributed by atoms with E-state index in [0.717, 1.165) is 0 Å². The van der Waals surface area contributed by atoms with E-state index in [1.807, 2.05) is 6.07 Å². The number of aromatic nitrogens is 3. The van der Waals surface area contributed by atoms with Crippen LogP contribution in [0.1, 0.15) is 5.69 Å². The molecule has 4 nitrogen and oxygen atoms in total. The highest BCUT2D eigenvalue weighted by Crippen LogP contribution is 2.00. The molecule has 0 spiro atoms. The van der Waals surface area contributed by atoms with Crippen LogP contribution in [0.4, 0.5) is 0 Å². The van der Waals surface area contributed by atoms with Crippen molar-refractivity contribution in [1.29, 1.82) is 5.26 Å². The molecule has 4 heteroatoms. The van der Waals surface area contributed by atoms with Crippen LogP contribution in [0.15, 0.2) is 24.5 Å². The molecule has 0 bridgehead atoms. The molecule has 52 valence electrons. The molecule has 0 amide bonds. The SMILES string of the molecule is N#Cc1ccnc2ccnn12. The van der Waals surface area contributed by atoms with Crippen molar-refractivity contribution in [1.82, 2.24) is 14.6 Å². The lowest BCUT2D eigenvalue weighted by molar-refractivity contribution is 0.920.